The predicted molar refractivity (Wildman–Crippen MR) is 82.5 cm³/mol. The minimum Gasteiger partial charge on any atom is -0.454 e. The molecular weight excluding hydrogens is 294 g/mol. The van der Waals surface area contributed by atoms with Crippen LogP contribution in [0.25, 0.3) is 22.4 Å². The molecule has 104 valence electrons. The van der Waals surface area contributed by atoms with Crippen molar-refractivity contribution in [2.24, 2.45) is 0 Å². The maximum Gasteiger partial charge on any atom is 0.154 e. The number of ether oxygens (including phenoxy) is 1. The Kier molecular flexibility index (Phi) is 4.05. The van der Waals surface area contributed by atoms with E-state index in [9.17, 15) is 0 Å². The van der Waals surface area contributed by atoms with Gasteiger partial charge in [0.25, 0.3) is 0 Å². The molecule has 0 spiro atoms. The number of hydrogen-bond acceptors (Lipinski definition) is 4. The standard InChI is InChI=1S/C15H14ClNO2S/c1-18-6-2-3-15-17-12(9-20-15)14-8-10-7-11(16)4-5-13(10)19-14/h4-5,7-9H,2-3,6H2,1H3. The molecule has 3 aromatic rings. The van der Waals surface area contributed by atoms with Gasteiger partial charge in [-0.2, -0.15) is 0 Å². The Morgan fingerprint density at radius 1 is 1.35 bits per heavy atom. The van der Waals surface area contributed by atoms with Crippen molar-refractivity contribution in [1.82, 2.24) is 4.98 Å². The van der Waals surface area contributed by atoms with E-state index < -0.39 is 0 Å². The minimum atomic E-state index is 0.711. The van der Waals surface area contributed by atoms with Crippen molar-refractivity contribution in [1.29, 1.82) is 0 Å². The molecule has 0 unspecified atom stereocenters. The fourth-order valence-corrected chi connectivity index (χ4v) is 3.06. The molecule has 2 aromatic heterocycles. The second kappa shape index (κ2) is 5.95. The summed E-state index contributed by atoms with van der Waals surface area (Å²) in [6.07, 6.45) is 1.92. The lowest BCUT2D eigenvalue weighted by atomic mass is 10.2. The highest BCUT2D eigenvalue weighted by Crippen LogP contribution is 2.30. The number of rotatable bonds is 5. The highest BCUT2D eigenvalue weighted by molar-refractivity contribution is 7.09. The molecule has 0 aliphatic heterocycles. The zero-order chi connectivity index (χ0) is 13.9. The molecule has 2 heterocycles. The number of benzene rings is 1. The van der Waals surface area contributed by atoms with Crippen LogP contribution in [0.15, 0.2) is 34.1 Å². The summed E-state index contributed by atoms with van der Waals surface area (Å²) in [5, 5.41) is 4.85. The van der Waals surface area contributed by atoms with Crippen molar-refractivity contribution in [2.75, 3.05) is 13.7 Å². The van der Waals surface area contributed by atoms with E-state index in [1.54, 1.807) is 18.4 Å². The quantitative estimate of drug-likeness (QED) is 0.636. The van der Waals surface area contributed by atoms with Gasteiger partial charge in [0.05, 0.1) is 5.01 Å². The summed E-state index contributed by atoms with van der Waals surface area (Å²) in [6.45, 7) is 0.762. The molecule has 0 N–H and O–H groups in total. The molecule has 3 rings (SSSR count). The maximum atomic E-state index is 5.98. The molecule has 0 radical (unpaired) electrons. The average Bonchev–Trinajstić information content (AvgIpc) is 3.04. The topological polar surface area (TPSA) is 35.3 Å². The van der Waals surface area contributed by atoms with E-state index in [0.29, 0.717) is 5.02 Å². The highest BCUT2D eigenvalue weighted by atomic mass is 35.5. The van der Waals surface area contributed by atoms with Gasteiger partial charge in [-0.05, 0) is 30.7 Å². The summed E-state index contributed by atoms with van der Waals surface area (Å²) in [6, 6.07) is 7.59. The van der Waals surface area contributed by atoms with Crippen molar-refractivity contribution in [3.05, 3.63) is 39.7 Å². The van der Waals surface area contributed by atoms with Crippen molar-refractivity contribution >= 4 is 33.9 Å². The van der Waals surface area contributed by atoms with Crippen molar-refractivity contribution in [3.63, 3.8) is 0 Å². The second-order valence-corrected chi connectivity index (χ2v) is 5.89. The zero-order valence-corrected chi connectivity index (χ0v) is 12.6. The van der Waals surface area contributed by atoms with Gasteiger partial charge in [-0.3, -0.25) is 0 Å². The molecule has 0 bridgehead atoms. The Hall–Kier alpha value is -1.36. The van der Waals surface area contributed by atoms with Crippen LogP contribution in [0.4, 0.5) is 0 Å². The van der Waals surface area contributed by atoms with Crippen LogP contribution in [-0.2, 0) is 11.2 Å². The molecule has 0 atom stereocenters. The number of aromatic nitrogens is 1. The molecule has 0 aliphatic rings. The molecule has 0 fully saturated rings. The minimum absolute atomic E-state index is 0.711. The fourth-order valence-electron chi connectivity index (χ4n) is 2.05. The lowest BCUT2D eigenvalue weighted by Crippen LogP contribution is -1.91. The normalized spacial score (nSPS) is 11.3. The number of aryl methyl sites for hydroxylation is 1. The number of thiazole rings is 1. The van der Waals surface area contributed by atoms with Gasteiger partial charge in [-0.25, -0.2) is 4.98 Å². The largest absolute Gasteiger partial charge is 0.454 e. The van der Waals surface area contributed by atoms with Crippen LogP contribution < -0.4 is 0 Å². The van der Waals surface area contributed by atoms with E-state index >= 15 is 0 Å². The molecule has 0 aliphatic carbocycles. The van der Waals surface area contributed by atoms with Gasteiger partial charge in [0.15, 0.2) is 5.76 Å². The summed E-state index contributed by atoms with van der Waals surface area (Å²) in [5.74, 6) is 0.788. The zero-order valence-electron chi connectivity index (χ0n) is 11.1. The smallest absolute Gasteiger partial charge is 0.154 e. The lowest BCUT2D eigenvalue weighted by Gasteiger charge is -1.95. The monoisotopic (exact) mass is 307 g/mol. The van der Waals surface area contributed by atoms with Gasteiger partial charge in [0, 0.05) is 35.9 Å². The molecule has 0 saturated carbocycles. The van der Waals surface area contributed by atoms with E-state index in [2.05, 4.69) is 4.98 Å². The van der Waals surface area contributed by atoms with Gasteiger partial charge in [-0.15, -0.1) is 11.3 Å². The summed E-state index contributed by atoms with van der Waals surface area (Å²) in [7, 11) is 1.72. The van der Waals surface area contributed by atoms with Gasteiger partial charge in [-0.1, -0.05) is 11.6 Å². The third-order valence-electron chi connectivity index (χ3n) is 3.02. The molecule has 20 heavy (non-hydrogen) atoms. The van der Waals surface area contributed by atoms with E-state index in [1.807, 2.05) is 29.6 Å². The summed E-state index contributed by atoms with van der Waals surface area (Å²) in [4.78, 5) is 4.61. The molecule has 3 nitrogen and oxygen atoms in total. The van der Waals surface area contributed by atoms with Crippen molar-refractivity contribution in [2.45, 2.75) is 12.8 Å². The predicted octanol–water partition coefficient (Wildman–Crippen LogP) is 4.79. The van der Waals surface area contributed by atoms with Gasteiger partial charge < -0.3 is 9.15 Å². The van der Waals surface area contributed by atoms with Crippen molar-refractivity contribution in [3.8, 4) is 11.5 Å². The fraction of sp³-hybridized carbons (Fsp3) is 0.267. The average molecular weight is 308 g/mol. The second-order valence-electron chi connectivity index (χ2n) is 4.52. The number of methoxy groups -OCH3 is 1. The SMILES string of the molecule is COCCCc1nc(-c2cc3cc(Cl)ccc3o2)cs1. The molecule has 5 heteroatoms. The number of fused-ring (bicyclic) bond motifs is 1. The Bertz CT molecular complexity index is 720. The number of nitrogens with zero attached hydrogens (tertiary/aromatic N) is 1. The van der Waals surface area contributed by atoms with Crippen LogP contribution in [0.1, 0.15) is 11.4 Å². The third kappa shape index (κ3) is 2.87. The first-order valence-electron chi connectivity index (χ1n) is 6.39. The number of halogens is 1. The lowest BCUT2D eigenvalue weighted by molar-refractivity contribution is 0.195. The van der Waals surface area contributed by atoms with Crippen LogP contribution >= 0.6 is 22.9 Å². The highest BCUT2D eigenvalue weighted by Gasteiger charge is 2.10. The van der Waals surface area contributed by atoms with Gasteiger partial charge in [0.1, 0.15) is 11.3 Å². The molecule has 0 saturated heterocycles. The Morgan fingerprint density at radius 3 is 3.10 bits per heavy atom. The maximum absolute atomic E-state index is 5.98. The Balaban J connectivity index is 1.83. The van der Waals surface area contributed by atoms with Crippen LogP contribution in [0.2, 0.25) is 5.02 Å². The van der Waals surface area contributed by atoms with Crippen LogP contribution in [-0.4, -0.2) is 18.7 Å². The van der Waals surface area contributed by atoms with Gasteiger partial charge in [0.2, 0.25) is 0 Å². The van der Waals surface area contributed by atoms with Crippen LogP contribution in [0.3, 0.4) is 0 Å². The van der Waals surface area contributed by atoms with Gasteiger partial charge >= 0.3 is 0 Å². The van der Waals surface area contributed by atoms with E-state index in [1.165, 1.54) is 0 Å². The Morgan fingerprint density at radius 2 is 2.25 bits per heavy atom. The van der Waals surface area contributed by atoms with Crippen molar-refractivity contribution < 1.29 is 9.15 Å². The number of furan rings is 1. The summed E-state index contributed by atoms with van der Waals surface area (Å²) in [5.41, 5.74) is 1.72. The molecular formula is C15H14ClNO2S. The first-order chi connectivity index (χ1) is 9.76. The van der Waals surface area contributed by atoms with Crippen LogP contribution in [0.5, 0.6) is 0 Å². The molecule has 0 amide bonds. The van der Waals surface area contributed by atoms with E-state index in [-0.39, 0.29) is 0 Å². The number of hydrogen-bond donors (Lipinski definition) is 0. The Labute approximate surface area is 126 Å². The molecule has 1 aromatic carbocycles. The summed E-state index contributed by atoms with van der Waals surface area (Å²) < 4.78 is 10.9. The first kappa shape index (κ1) is 13.6. The van der Waals surface area contributed by atoms with E-state index in [0.717, 1.165) is 46.9 Å². The van der Waals surface area contributed by atoms with Crippen LogP contribution in [0, 0.1) is 0 Å². The first-order valence-corrected chi connectivity index (χ1v) is 7.65. The summed E-state index contributed by atoms with van der Waals surface area (Å²) >= 11 is 7.64. The third-order valence-corrected chi connectivity index (χ3v) is 4.17. The van der Waals surface area contributed by atoms with E-state index in [4.69, 9.17) is 20.8 Å².